The number of likely N-dealkylation sites (N-methyl/N-ethyl adjacent to an activating group) is 1. The summed E-state index contributed by atoms with van der Waals surface area (Å²) >= 11 is 1.80. The van der Waals surface area contributed by atoms with Crippen molar-refractivity contribution in [1.82, 2.24) is 15.5 Å². The van der Waals surface area contributed by atoms with Gasteiger partial charge >= 0.3 is 0 Å². The van der Waals surface area contributed by atoms with Gasteiger partial charge in [-0.15, -0.1) is 24.0 Å². The summed E-state index contributed by atoms with van der Waals surface area (Å²) < 4.78 is 5.72. The average Bonchev–Trinajstić information content (AvgIpc) is 2.99. The first kappa shape index (κ1) is 22.8. The van der Waals surface area contributed by atoms with E-state index in [2.05, 4.69) is 35.7 Å². The van der Waals surface area contributed by atoms with E-state index in [4.69, 9.17) is 4.74 Å². The third kappa shape index (κ3) is 9.61. The molecule has 1 fully saturated rings. The molecule has 1 aliphatic rings. The van der Waals surface area contributed by atoms with Crippen molar-refractivity contribution < 1.29 is 9.53 Å². The Hall–Kier alpha value is -0.220. The largest absolute Gasteiger partial charge is 0.376 e. The van der Waals surface area contributed by atoms with Crippen molar-refractivity contribution in [1.29, 1.82) is 0 Å². The molecule has 1 rings (SSSR count). The SMILES string of the molecule is CSC(C)(C)CNC(=NCC(=O)N(C)C)NCC1CCCO1.I. The van der Waals surface area contributed by atoms with Gasteiger partial charge in [-0.05, 0) is 32.9 Å². The lowest BCUT2D eigenvalue weighted by molar-refractivity contribution is -0.127. The number of amides is 1. The van der Waals surface area contributed by atoms with Crippen LogP contribution in [0.15, 0.2) is 4.99 Å². The van der Waals surface area contributed by atoms with E-state index in [1.165, 1.54) is 0 Å². The Bertz CT molecular complexity index is 386. The van der Waals surface area contributed by atoms with Crippen molar-refractivity contribution in [3.05, 3.63) is 0 Å². The lowest BCUT2D eigenvalue weighted by Gasteiger charge is -2.24. The summed E-state index contributed by atoms with van der Waals surface area (Å²) in [5, 5.41) is 6.61. The van der Waals surface area contributed by atoms with E-state index in [1.54, 1.807) is 30.8 Å². The molecule has 1 aliphatic heterocycles. The van der Waals surface area contributed by atoms with Crippen LogP contribution in [0.5, 0.6) is 0 Å². The van der Waals surface area contributed by atoms with Gasteiger partial charge < -0.3 is 20.3 Å². The van der Waals surface area contributed by atoms with Crippen LogP contribution in [0.25, 0.3) is 0 Å². The van der Waals surface area contributed by atoms with Crippen molar-refractivity contribution in [2.24, 2.45) is 4.99 Å². The third-order valence-electron chi connectivity index (χ3n) is 3.63. The standard InChI is InChI=1S/C15H30N4O2S.HI/c1-15(2,22-5)11-18-14(17-10-13(20)19(3)4)16-9-12-7-6-8-21-12;/h12H,6-11H2,1-5H3,(H2,16,17,18);1H. The molecule has 0 aliphatic carbocycles. The molecule has 1 saturated heterocycles. The molecule has 0 saturated carbocycles. The first-order valence-corrected chi connectivity index (χ1v) is 8.95. The monoisotopic (exact) mass is 458 g/mol. The van der Waals surface area contributed by atoms with E-state index in [-0.39, 0.29) is 47.3 Å². The fraction of sp³-hybridized carbons (Fsp3) is 0.867. The quantitative estimate of drug-likeness (QED) is 0.344. The Morgan fingerprint density at radius 1 is 1.39 bits per heavy atom. The smallest absolute Gasteiger partial charge is 0.243 e. The van der Waals surface area contributed by atoms with E-state index in [1.807, 2.05) is 0 Å². The first-order chi connectivity index (χ1) is 10.3. The number of aliphatic imine (C=N–C) groups is 1. The summed E-state index contributed by atoms with van der Waals surface area (Å²) in [5.74, 6) is 0.662. The van der Waals surface area contributed by atoms with Crippen LogP contribution < -0.4 is 10.6 Å². The summed E-state index contributed by atoms with van der Waals surface area (Å²) in [6.45, 7) is 6.84. The second-order valence-electron chi connectivity index (χ2n) is 6.29. The predicted octanol–water partition coefficient (Wildman–Crippen LogP) is 1.55. The third-order valence-corrected chi connectivity index (χ3v) is 4.88. The molecule has 0 aromatic rings. The van der Waals surface area contributed by atoms with Gasteiger partial charge in [0.05, 0.1) is 6.10 Å². The lowest BCUT2D eigenvalue weighted by atomic mass is 10.2. The zero-order chi connectivity index (χ0) is 16.6. The van der Waals surface area contributed by atoms with Crippen LogP contribution in [-0.2, 0) is 9.53 Å². The van der Waals surface area contributed by atoms with Gasteiger partial charge in [-0.25, -0.2) is 4.99 Å². The van der Waals surface area contributed by atoms with Crippen molar-refractivity contribution in [3.63, 3.8) is 0 Å². The number of hydrogen-bond donors (Lipinski definition) is 2. The maximum absolute atomic E-state index is 11.7. The van der Waals surface area contributed by atoms with E-state index >= 15 is 0 Å². The number of carbonyl (C=O) groups is 1. The Balaban J connectivity index is 0.00000484. The number of hydrogen-bond acceptors (Lipinski definition) is 4. The Morgan fingerprint density at radius 2 is 2.09 bits per heavy atom. The number of rotatable bonds is 7. The second-order valence-corrected chi connectivity index (χ2v) is 7.80. The molecule has 0 bridgehead atoms. The van der Waals surface area contributed by atoms with Gasteiger partial charge in [-0.3, -0.25) is 4.79 Å². The highest BCUT2D eigenvalue weighted by atomic mass is 127. The summed E-state index contributed by atoms with van der Waals surface area (Å²) in [6.07, 6.45) is 4.52. The fourth-order valence-electron chi connectivity index (χ4n) is 1.85. The molecular weight excluding hydrogens is 427 g/mol. The van der Waals surface area contributed by atoms with Crippen molar-refractivity contribution in [2.45, 2.75) is 37.5 Å². The average molecular weight is 458 g/mol. The predicted molar refractivity (Wildman–Crippen MR) is 109 cm³/mol. The minimum Gasteiger partial charge on any atom is -0.376 e. The second kappa shape index (κ2) is 11.4. The summed E-state index contributed by atoms with van der Waals surface area (Å²) in [6, 6.07) is 0. The lowest BCUT2D eigenvalue weighted by Crippen LogP contribution is -2.46. The van der Waals surface area contributed by atoms with E-state index in [9.17, 15) is 4.79 Å². The number of thioether (sulfide) groups is 1. The fourth-order valence-corrected chi connectivity index (χ4v) is 2.06. The molecule has 1 heterocycles. The molecule has 1 unspecified atom stereocenters. The molecule has 8 heteroatoms. The minimum atomic E-state index is -0.0117. The van der Waals surface area contributed by atoms with E-state index < -0.39 is 0 Å². The van der Waals surface area contributed by atoms with Crippen LogP contribution in [-0.4, -0.2) is 74.2 Å². The summed E-state index contributed by atoms with van der Waals surface area (Å²) in [4.78, 5) is 17.6. The molecule has 23 heavy (non-hydrogen) atoms. The molecule has 1 amide bonds. The Morgan fingerprint density at radius 3 is 2.61 bits per heavy atom. The molecule has 0 aromatic heterocycles. The number of nitrogens with one attached hydrogen (secondary N) is 2. The Labute approximate surface area is 161 Å². The molecular formula is C15H31IN4O2S. The van der Waals surface area contributed by atoms with Gasteiger partial charge in [-0.1, -0.05) is 0 Å². The Kier molecular flexibility index (Phi) is 11.2. The van der Waals surface area contributed by atoms with Gasteiger partial charge in [0.15, 0.2) is 5.96 Å². The van der Waals surface area contributed by atoms with Gasteiger partial charge in [0, 0.05) is 38.5 Å². The zero-order valence-electron chi connectivity index (χ0n) is 14.8. The van der Waals surface area contributed by atoms with Crippen LogP contribution in [0, 0.1) is 0 Å². The van der Waals surface area contributed by atoms with Gasteiger partial charge in [0.1, 0.15) is 6.54 Å². The number of guanidine groups is 1. The topological polar surface area (TPSA) is 66.0 Å². The number of nitrogens with zero attached hydrogens (tertiary/aromatic N) is 2. The highest BCUT2D eigenvalue weighted by molar-refractivity contribution is 14.0. The van der Waals surface area contributed by atoms with Crippen LogP contribution in [0.2, 0.25) is 0 Å². The number of halogens is 1. The van der Waals surface area contributed by atoms with Gasteiger partial charge in [0.2, 0.25) is 5.91 Å². The molecule has 0 aromatic carbocycles. The highest BCUT2D eigenvalue weighted by Gasteiger charge is 2.18. The van der Waals surface area contributed by atoms with E-state index in [0.29, 0.717) is 5.96 Å². The zero-order valence-corrected chi connectivity index (χ0v) is 18.0. The molecule has 6 nitrogen and oxygen atoms in total. The van der Waals surface area contributed by atoms with Crippen LogP contribution >= 0.6 is 35.7 Å². The van der Waals surface area contributed by atoms with Crippen molar-refractivity contribution in [2.75, 3.05) is 46.6 Å². The minimum absolute atomic E-state index is 0. The molecule has 1 atom stereocenters. The number of ether oxygens (including phenoxy) is 1. The van der Waals surface area contributed by atoms with Crippen LogP contribution in [0.4, 0.5) is 0 Å². The van der Waals surface area contributed by atoms with Gasteiger partial charge in [-0.2, -0.15) is 11.8 Å². The van der Waals surface area contributed by atoms with E-state index in [0.717, 1.165) is 32.5 Å². The normalized spacial score (nSPS) is 18.3. The molecule has 0 spiro atoms. The van der Waals surface area contributed by atoms with Gasteiger partial charge in [0.25, 0.3) is 0 Å². The maximum Gasteiger partial charge on any atom is 0.243 e. The molecule has 2 N–H and O–H groups in total. The summed E-state index contributed by atoms with van der Waals surface area (Å²) in [7, 11) is 3.48. The first-order valence-electron chi connectivity index (χ1n) is 7.73. The highest BCUT2D eigenvalue weighted by Crippen LogP contribution is 2.19. The van der Waals surface area contributed by atoms with Crippen LogP contribution in [0.3, 0.4) is 0 Å². The maximum atomic E-state index is 11.7. The van der Waals surface area contributed by atoms with Crippen molar-refractivity contribution in [3.8, 4) is 0 Å². The van der Waals surface area contributed by atoms with Crippen molar-refractivity contribution >= 4 is 47.6 Å². The molecule has 136 valence electrons. The summed E-state index contributed by atoms with van der Waals surface area (Å²) in [5.41, 5.74) is 0. The molecule has 0 radical (unpaired) electrons. The number of carbonyl (C=O) groups excluding carboxylic acids is 1. The van der Waals surface area contributed by atoms with Crippen LogP contribution in [0.1, 0.15) is 26.7 Å².